The van der Waals surface area contributed by atoms with Crippen molar-refractivity contribution >= 4 is 28.8 Å². The van der Waals surface area contributed by atoms with E-state index in [1.807, 2.05) is 41.1 Å². The second kappa shape index (κ2) is 5.35. The van der Waals surface area contributed by atoms with Crippen molar-refractivity contribution in [3.63, 3.8) is 0 Å². The molecule has 0 aliphatic rings. The largest absolute Gasteiger partial charge is 0.324 e. The predicted octanol–water partition coefficient (Wildman–Crippen LogP) is 3.17. The molecule has 0 spiro atoms. The number of rotatable bonds is 3. The third-order valence-corrected chi connectivity index (χ3v) is 3.16. The minimum atomic E-state index is -0.0771. The zero-order chi connectivity index (χ0) is 13.9. The molecular formula is C15H12ClN3O. The van der Waals surface area contributed by atoms with Crippen molar-refractivity contribution in [2.75, 3.05) is 5.32 Å². The van der Waals surface area contributed by atoms with Crippen LogP contribution >= 0.6 is 11.6 Å². The van der Waals surface area contributed by atoms with E-state index in [-0.39, 0.29) is 5.91 Å². The molecule has 2 heterocycles. The maximum atomic E-state index is 12.0. The lowest BCUT2D eigenvalue weighted by atomic mass is 10.1. The average molecular weight is 286 g/mol. The van der Waals surface area contributed by atoms with Gasteiger partial charge in [-0.1, -0.05) is 23.7 Å². The smallest absolute Gasteiger partial charge is 0.228 e. The third-order valence-electron chi connectivity index (χ3n) is 2.93. The van der Waals surface area contributed by atoms with Gasteiger partial charge in [-0.25, -0.2) is 4.98 Å². The standard InChI is InChI=1S/C15H12ClN3O/c16-12-3-1-2-11(8-12)9-15(20)18-13-4-5-14-17-6-7-19(14)10-13/h1-8,10H,9H2,(H,18,20). The lowest BCUT2D eigenvalue weighted by molar-refractivity contribution is -0.115. The van der Waals surface area contributed by atoms with Gasteiger partial charge in [-0.15, -0.1) is 0 Å². The van der Waals surface area contributed by atoms with Gasteiger partial charge < -0.3 is 9.72 Å². The molecule has 1 N–H and O–H groups in total. The Morgan fingerprint density at radius 1 is 1.30 bits per heavy atom. The number of aromatic nitrogens is 2. The zero-order valence-corrected chi connectivity index (χ0v) is 11.3. The minimum absolute atomic E-state index is 0.0771. The Bertz CT molecular complexity index is 766. The number of nitrogens with one attached hydrogen (secondary N) is 1. The van der Waals surface area contributed by atoms with Crippen LogP contribution in [0.4, 0.5) is 5.69 Å². The van der Waals surface area contributed by atoms with E-state index >= 15 is 0 Å². The summed E-state index contributed by atoms with van der Waals surface area (Å²) in [5.74, 6) is -0.0771. The first-order valence-corrected chi connectivity index (χ1v) is 6.55. The lowest BCUT2D eigenvalue weighted by Crippen LogP contribution is -2.14. The van der Waals surface area contributed by atoms with E-state index < -0.39 is 0 Å². The number of fused-ring (bicyclic) bond motifs is 1. The van der Waals surface area contributed by atoms with Crippen molar-refractivity contribution in [1.82, 2.24) is 9.38 Å². The number of pyridine rings is 1. The maximum Gasteiger partial charge on any atom is 0.228 e. The highest BCUT2D eigenvalue weighted by atomic mass is 35.5. The number of anilines is 1. The van der Waals surface area contributed by atoms with Gasteiger partial charge in [0.25, 0.3) is 0 Å². The first kappa shape index (κ1) is 12.7. The van der Waals surface area contributed by atoms with Gasteiger partial charge >= 0.3 is 0 Å². The van der Waals surface area contributed by atoms with Crippen molar-refractivity contribution < 1.29 is 4.79 Å². The van der Waals surface area contributed by atoms with Gasteiger partial charge in [0.2, 0.25) is 5.91 Å². The number of nitrogens with zero attached hydrogens (tertiary/aromatic N) is 2. The van der Waals surface area contributed by atoms with Gasteiger partial charge in [0.1, 0.15) is 5.65 Å². The Labute approximate surface area is 121 Å². The van der Waals surface area contributed by atoms with Gasteiger partial charge in [-0.2, -0.15) is 0 Å². The molecule has 20 heavy (non-hydrogen) atoms. The van der Waals surface area contributed by atoms with Gasteiger partial charge in [0, 0.05) is 23.6 Å². The molecule has 1 aromatic carbocycles. The van der Waals surface area contributed by atoms with Crippen molar-refractivity contribution in [1.29, 1.82) is 0 Å². The van der Waals surface area contributed by atoms with Gasteiger partial charge in [-0.3, -0.25) is 4.79 Å². The topological polar surface area (TPSA) is 46.4 Å². The van der Waals surface area contributed by atoms with E-state index in [4.69, 9.17) is 11.6 Å². The van der Waals surface area contributed by atoms with Crippen LogP contribution in [0.15, 0.2) is 55.0 Å². The number of benzene rings is 1. The fraction of sp³-hybridized carbons (Fsp3) is 0.0667. The fourth-order valence-electron chi connectivity index (χ4n) is 2.03. The summed E-state index contributed by atoms with van der Waals surface area (Å²) >= 11 is 5.90. The van der Waals surface area contributed by atoms with Crippen LogP contribution in [0.5, 0.6) is 0 Å². The summed E-state index contributed by atoms with van der Waals surface area (Å²) in [4.78, 5) is 16.1. The van der Waals surface area contributed by atoms with E-state index in [1.54, 1.807) is 18.3 Å². The van der Waals surface area contributed by atoms with Gasteiger partial charge in [0.15, 0.2) is 0 Å². The summed E-state index contributed by atoms with van der Waals surface area (Å²) in [7, 11) is 0. The van der Waals surface area contributed by atoms with Crippen LogP contribution in [0.2, 0.25) is 5.02 Å². The van der Waals surface area contributed by atoms with E-state index in [0.717, 1.165) is 16.9 Å². The Kier molecular flexibility index (Phi) is 3.39. The third kappa shape index (κ3) is 2.81. The number of carbonyl (C=O) groups excluding carboxylic acids is 1. The van der Waals surface area contributed by atoms with E-state index in [9.17, 15) is 4.79 Å². The van der Waals surface area contributed by atoms with Crippen LogP contribution in [-0.4, -0.2) is 15.3 Å². The molecule has 0 atom stereocenters. The first-order chi connectivity index (χ1) is 9.70. The summed E-state index contributed by atoms with van der Waals surface area (Å²) in [6.07, 6.45) is 5.68. The molecule has 0 unspecified atom stereocenters. The molecule has 0 saturated heterocycles. The molecule has 4 nitrogen and oxygen atoms in total. The lowest BCUT2D eigenvalue weighted by Gasteiger charge is -2.06. The normalized spacial score (nSPS) is 10.7. The Hall–Kier alpha value is -2.33. The number of hydrogen-bond donors (Lipinski definition) is 1. The number of halogens is 1. The van der Waals surface area contributed by atoms with Crippen molar-refractivity contribution in [2.45, 2.75) is 6.42 Å². The minimum Gasteiger partial charge on any atom is -0.324 e. The van der Waals surface area contributed by atoms with E-state index in [1.165, 1.54) is 0 Å². The summed E-state index contributed by atoms with van der Waals surface area (Å²) in [5.41, 5.74) is 2.47. The van der Waals surface area contributed by atoms with E-state index in [2.05, 4.69) is 10.3 Å². The molecule has 3 aromatic rings. The molecule has 0 radical (unpaired) electrons. The molecule has 3 rings (SSSR count). The molecule has 0 saturated carbocycles. The van der Waals surface area contributed by atoms with Crippen molar-refractivity contribution in [2.24, 2.45) is 0 Å². The summed E-state index contributed by atoms with van der Waals surface area (Å²) in [6.45, 7) is 0. The quantitative estimate of drug-likeness (QED) is 0.803. The predicted molar refractivity (Wildman–Crippen MR) is 79.0 cm³/mol. The molecule has 5 heteroatoms. The Morgan fingerprint density at radius 2 is 2.20 bits per heavy atom. The number of carbonyl (C=O) groups is 1. The second-order valence-corrected chi connectivity index (χ2v) is 4.90. The molecular weight excluding hydrogens is 274 g/mol. The number of amides is 1. The SMILES string of the molecule is O=C(Cc1cccc(Cl)c1)Nc1ccc2nccn2c1. The highest BCUT2D eigenvalue weighted by Gasteiger charge is 2.05. The molecule has 100 valence electrons. The summed E-state index contributed by atoms with van der Waals surface area (Å²) < 4.78 is 1.86. The molecule has 0 fully saturated rings. The van der Waals surface area contributed by atoms with Crippen LogP contribution in [0.25, 0.3) is 5.65 Å². The van der Waals surface area contributed by atoms with Crippen LogP contribution < -0.4 is 5.32 Å². The monoisotopic (exact) mass is 285 g/mol. The van der Waals surface area contributed by atoms with Crippen molar-refractivity contribution in [3.05, 3.63) is 65.6 Å². The van der Waals surface area contributed by atoms with E-state index in [0.29, 0.717) is 11.4 Å². The highest BCUT2D eigenvalue weighted by Crippen LogP contribution is 2.13. The second-order valence-electron chi connectivity index (χ2n) is 4.47. The zero-order valence-electron chi connectivity index (χ0n) is 10.6. The number of hydrogen-bond acceptors (Lipinski definition) is 2. The molecule has 0 aliphatic heterocycles. The highest BCUT2D eigenvalue weighted by molar-refractivity contribution is 6.30. The Balaban J connectivity index is 1.72. The van der Waals surface area contributed by atoms with Crippen LogP contribution in [-0.2, 0) is 11.2 Å². The maximum absolute atomic E-state index is 12.0. The first-order valence-electron chi connectivity index (χ1n) is 6.18. The summed E-state index contributed by atoms with van der Waals surface area (Å²) in [6, 6.07) is 11.0. The fourth-order valence-corrected chi connectivity index (χ4v) is 2.24. The molecule has 2 aromatic heterocycles. The van der Waals surface area contributed by atoms with Crippen molar-refractivity contribution in [3.8, 4) is 0 Å². The molecule has 0 bridgehead atoms. The van der Waals surface area contributed by atoms with Crippen LogP contribution in [0, 0.1) is 0 Å². The Morgan fingerprint density at radius 3 is 3.05 bits per heavy atom. The van der Waals surface area contributed by atoms with Gasteiger partial charge in [-0.05, 0) is 29.8 Å². The van der Waals surface area contributed by atoms with Gasteiger partial charge in [0.05, 0.1) is 12.1 Å². The number of imidazole rings is 1. The molecule has 1 amide bonds. The molecule has 0 aliphatic carbocycles. The average Bonchev–Trinajstić information content (AvgIpc) is 2.86. The van der Waals surface area contributed by atoms with Crippen LogP contribution in [0.1, 0.15) is 5.56 Å². The summed E-state index contributed by atoms with van der Waals surface area (Å²) in [5, 5.41) is 3.50. The van der Waals surface area contributed by atoms with Crippen LogP contribution in [0.3, 0.4) is 0 Å².